The van der Waals surface area contributed by atoms with Crippen molar-refractivity contribution in [2.24, 2.45) is 11.7 Å². The summed E-state index contributed by atoms with van der Waals surface area (Å²) in [4.78, 5) is 8.51. The second-order valence-corrected chi connectivity index (χ2v) is 4.33. The molecule has 5 nitrogen and oxygen atoms in total. The molecule has 1 aliphatic rings. The third-order valence-corrected chi connectivity index (χ3v) is 3.11. The molecule has 1 fully saturated rings. The van der Waals surface area contributed by atoms with E-state index in [4.69, 9.17) is 23.2 Å². The van der Waals surface area contributed by atoms with Crippen LogP contribution in [-0.2, 0) is 13.8 Å². The van der Waals surface area contributed by atoms with Crippen LogP contribution in [0.25, 0.3) is 0 Å². The topological polar surface area (TPSA) is 81.8 Å². The smallest absolute Gasteiger partial charge is 0.374 e. The van der Waals surface area contributed by atoms with Crippen molar-refractivity contribution in [3.05, 3.63) is 0 Å². The van der Waals surface area contributed by atoms with Crippen molar-refractivity contribution in [3.8, 4) is 0 Å². The van der Waals surface area contributed by atoms with Gasteiger partial charge in [0.25, 0.3) is 0 Å². The largest absolute Gasteiger partial charge is 0.694 e. The van der Waals surface area contributed by atoms with Gasteiger partial charge in [0.2, 0.25) is 0 Å². The molecule has 0 aliphatic carbocycles. The third-order valence-electron chi connectivity index (χ3n) is 2.76. The molecule has 2 unspecified atom stereocenters. The average Bonchev–Trinajstić information content (AvgIpc) is 2.41. The van der Waals surface area contributed by atoms with Crippen molar-refractivity contribution >= 4 is 16.1 Å². The molecule has 1 saturated heterocycles. The number of hydrogen-bond donors (Lipinski definition) is 2. The first kappa shape index (κ1) is 13.0. The second kappa shape index (κ2) is 4.85. The van der Waals surface area contributed by atoms with Crippen LogP contribution < -0.4 is 5.73 Å². The standard InChI is InChI=1S/C7H12BFNO4P/c1-4-5(9)6(8)14-7(4,2-10)3-13-15(11)12/h4-6H,2-3,10H2,1H3/p+1/t4-,5?,6-,7-/m1/s1. The maximum Gasteiger partial charge on any atom is 0.694 e. The SMILES string of the molecule is [B][C@@H]1O[C@](CN)(CO[P+](=O)O)[C@H](C)C1F. The normalized spacial score (nSPS) is 41.9. The van der Waals surface area contributed by atoms with Crippen molar-refractivity contribution in [2.75, 3.05) is 13.2 Å². The van der Waals surface area contributed by atoms with E-state index in [0.29, 0.717) is 0 Å². The van der Waals surface area contributed by atoms with E-state index in [2.05, 4.69) is 4.52 Å². The Labute approximate surface area is 89.5 Å². The van der Waals surface area contributed by atoms with Crippen LogP contribution in [0.3, 0.4) is 0 Å². The van der Waals surface area contributed by atoms with Crippen LogP contribution in [0.1, 0.15) is 6.92 Å². The fraction of sp³-hybridized carbons (Fsp3) is 1.00. The number of ether oxygens (including phenoxy) is 1. The van der Waals surface area contributed by atoms with Crippen LogP contribution in [0.5, 0.6) is 0 Å². The van der Waals surface area contributed by atoms with Gasteiger partial charge in [0.05, 0.1) is 0 Å². The van der Waals surface area contributed by atoms with Gasteiger partial charge in [0, 0.05) is 23.0 Å². The molecule has 84 valence electrons. The second-order valence-electron chi connectivity index (χ2n) is 3.60. The van der Waals surface area contributed by atoms with Gasteiger partial charge in [-0.1, -0.05) is 6.92 Å². The van der Waals surface area contributed by atoms with E-state index in [0.717, 1.165) is 0 Å². The first-order valence-corrected chi connectivity index (χ1v) is 5.62. The molecule has 0 aromatic rings. The van der Waals surface area contributed by atoms with Crippen LogP contribution in [-0.4, -0.2) is 43.7 Å². The number of rotatable bonds is 4. The van der Waals surface area contributed by atoms with Crippen LogP contribution in [0, 0.1) is 5.92 Å². The maximum absolute atomic E-state index is 13.4. The lowest BCUT2D eigenvalue weighted by molar-refractivity contribution is -0.0549. The van der Waals surface area contributed by atoms with Crippen molar-refractivity contribution in [3.63, 3.8) is 0 Å². The summed E-state index contributed by atoms with van der Waals surface area (Å²) in [6, 6.07) is -1.07. The molecule has 0 aromatic carbocycles. The number of nitrogens with two attached hydrogens (primary N) is 1. The van der Waals surface area contributed by atoms with E-state index in [1.807, 2.05) is 0 Å². The fourth-order valence-corrected chi connectivity index (χ4v) is 1.97. The van der Waals surface area contributed by atoms with Crippen LogP contribution >= 0.6 is 8.25 Å². The predicted octanol–water partition coefficient (Wildman–Crippen LogP) is -0.151. The summed E-state index contributed by atoms with van der Waals surface area (Å²) in [7, 11) is 2.63. The lowest BCUT2D eigenvalue weighted by atomic mass is 9.84. The Bertz CT molecular complexity index is 259. The fourth-order valence-electron chi connectivity index (χ4n) is 1.64. The van der Waals surface area contributed by atoms with Crippen molar-refractivity contribution in [2.45, 2.75) is 24.7 Å². The Morgan fingerprint density at radius 3 is 2.73 bits per heavy atom. The van der Waals surface area contributed by atoms with Gasteiger partial charge in [-0.05, 0) is 0 Å². The molecule has 0 bridgehead atoms. The molecule has 0 amide bonds. The minimum absolute atomic E-state index is 0.0224. The molecule has 1 heterocycles. The Kier molecular flexibility index (Phi) is 4.20. The molecule has 5 atom stereocenters. The average molecular weight is 236 g/mol. The summed E-state index contributed by atoms with van der Waals surface area (Å²) in [5.74, 6) is -0.576. The molecule has 2 radical (unpaired) electrons. The van der Waals surface area contributed by atoms with Gasteiger partial charge >= 0.3 is 8.25 Å². The maximum atomic E-state index is 13.4. The van der Waals surface area contributed by atoms with Gasteiger partial charge in [-0.3, -0.25) is 0 Å². The number of hydrogen-bond acceptors (Lipinski definition) is 4. The third kappa shape index (κ3) is 2.54. The highest BCUT2D eigenvalue weighted by molar-refractivity contribution is 7.32. The molecule has 15 heavy (non-hydrogen) atoms. The van der Waals surface area contributed by atoms with Gasteiger partial charge in [-0.2, -0.15) is 0 Å². The molecule has 3 N–H and O–H groups in total. The Hall–Kier alpha value is -0.0651. The van der Waals surface area contributed by atoms with E-state index in [-0.39, 0.29) is 13.2 Å². The summed E-state index contributed by atoms with van der Waals surface area (Å²) in [5.41, 5.74) is 4.35. The molecule has 8 heteroatoms. The van der Waals surface area contributed by atoms with E-state index < -0.39 is 31.9 Å². The minimum Gasteiger partial charge on any atom is -0.374 e. The molecular weight excluding hydrogens is 223 g/mol. The number of alkyl halides is 1. The molecule has 1 aliphatic heterocycles. The molecule has 0 spiro atoms. The van der Waals surface area contributed by atoms with Gasteiger partial charge < -0.3 is 10.5 Å². The zero-order valence-electron chi connectivity index (χ0n) is 8.30. The summed E-state index contributed by atoms with van der Waals surface area (Å²) in [6.45, 7) is 1.31. The zero-order valence-corrected chi connectivity index (χ0v) is 9.19. The summed E-state index contributed by atoms with van der Waals surface area (Å²) >= 11 is 0. The van der Waals surface area contributed by atoms with E-state index in [9.17, 15) is 8.96 Å². The number of halogens is 1. The van der Waals surface area contributed by atoms with Crippen molar-refractivity contribution in [1.82, 2.24) is 0 Å². The van der Waals surface area contributed by atoms with Crippen LogP contribution in [0.2, 0.25) is 0 Å². The first-order chi connectivity index (χ1) is 6.93. The highest BCUT2D eigenvalue weighted by atomic mass is 31.1. The van der Waals surface area contributed by atoms with E-state index >= 15 is 0 Å². The summed E-state index contributed by atoms with van der Waals surface area (Å²) < 4.78 is 33.5. The Morgan fingerprint density at radius 1 is 1.80 bits per heavy atom. The molecule has 1 rings (SSSR count). The van der Waals surface area contributed by atoms with Crippen molar-refractivity contribution in [1.29, 1.82) is 0 Å². The van der Waals surface area contributed by atoms with Gasteiger partial charge in [-0.15, -0.1) is 9.42 Å². The quantitative estimate of drug-likeness (QED) is 0.523. The van der Waals surface area contributed by atoms with Crippen molar-refractivity contribution < 1.29 is 23.1 Å². The Morgan fingerprint density at radius 2 is 2.40 bits per heavy atom. The predicted molar refractivity (Wildman–Crippen MR) is 52.2 cm³/mol. The van der Waals surface area contributed by atoms with Gasteiger partial charge in [0.15, 0.2) is 0 Å². The van der Waals surface area contributed by atoms with E-state index in [1.165, 1.54) is 0 Å². The monoisotopic (exact) mass is 236 g/mol. The highest BCUT2D eigenvalue weighted by Gasteiger charge is 2.52. The van der Waals surface area contributed by atoms with Gasteiger partial charge in [0.1, 0.15) is 26.2 Å². The Balaban J connectivity index is 2.72. The first-order valence-electron chi connectivity index (χ1n) is 4.49. The van der Waals surface area contributed by atoms with Crippen LogP contribution in [0.15, 0.2) is 0 Å². The lowest BCUT2D eigenvalue weighted by Crippen LogP contribution is -2.47. The zero-order chi connectivity index (χ0) is 11.6. The van der Waals surface area contributed by atoms with Crippen LogP contribution in [0.4, 0.5) is 4.39 Å². The molecule has 0 saturated carbocycles. The minimum atomic E-state index is -2.75. The molecular formula is C7H13BFNO4P+. The van der Waals surface area contributed by atoms with Gasteiger partial charge in [-0.25, -0.2) is 4.39 Å². The highest BCUT2D eigenvalue weighted by Crippen LogP contribution is 2.38. The van der Waals surface area contributed by atoms with E-state index in [1.54, 1.807) is 6.92 Å². The summed E-state index contributed by atoms with van der Waals surface area (Å²) in [5, 5.41) is 0. The summed E-state index contributed by atoms with van der Waals surface area (Å²) in [6.07, 6.45) is -1.35. The molecule has 0 aromatic heterocycles. The lowest BCUT2D eigenvalue weighted by Gasteiger charge is -2.28.